The second-order valence-corrected chi connectivity index (χ2v) is 9.14. The van der Waals surface area contributed by atoms with Crippen molar-refractivity contribution in [2.24, 2.45) is 11.5 Å². The van der Waals surface area contributed by atoms with Crippen molar-refractivity contribution in [3.63, 3.8) is 0 Å². The third-order valence-electron chi connectivity index (χ3n) is 6.47. The van der Waals surface area contributed by atoms with Crippen LogP contribution in [-0.2, 0) is 6.42 Å². The minimum absolute atomic E-state index is 0.0787. The van der Waals surface area contributed by atoms with Crippen LogP contribution in [0.15, 0.2) is 66.7 Å². The Balaban J connectivity index is 1.83. The molecule has 0 aliphatic rings. The highest BCUT2D eigenvalue weighted by atomic mass is 16.3. The summed E-state index contributed by atoms with van der Waals surface area (Å²) in [5.74, 6) is -2.17. The molecule has 37 heavy (non-hydrogen) atoms. The predicted octanol–water partition coefficient (Wildman–Crippen LogP) is 2.39. The summed E-state index contributed by atoms with van der Waals surface area (Å²) in [5.41, 5.74) is 12.4. The van der Waals surface area contributed by atoms with Crippen LogP contribution >= 0.6 is 0 Å². The lowest BCUT2D eigenvalue weighted by atomic mass is 10.00. The number of carbonyl (C=O) groups excluding carboxylic acids is 2. The monoisotopic (exact) mass is 507 g/mol. The zero-order chi connectivity index (χ0) is 27.1. The molecule has 3 aromatic carbocycles. The van der Waals surface area contributed by atoms with Crippen molar-refractivity contribution in [1.82, 2.24) is 4.90 Å². The van der Waals surface area contributed by atoms with E-state index in [2.05, 4.69) is 0 Å². The Morgan fingerprint density at radius 1 is 0.784 bits per heavy atom. The first-order valence-corrected chi connectivity index (χ1v) is 12.0. The fourth-order valence-corrected chi connectivity index (χ4v) is 4.21. The zero-order valence-electron chi connectivity index (χ0n) is 20.6. The maximum atomic E-state index is 11.6. The minimum Gasteiger partial charge on any atom is -0.507 e. The normalized spacial score (nSPS) is 13.7. The summed E-state index contributed by atoms with van der Waals surface area (Å²) < 4.78 is 0. The third-order valence-corrected chi connectivity index (χ3v) is 6.47. The summed E-state index contributed by atoms with van der Waals surface area (Å²) >= 11 is 0. The highest BCUT2D eigenvalue weighted by molar-refractivity contribution is 5.96. The van der Waals surface area contributed by atoms with Crippen LogP contribution in [0, 0.1) is 0 Å². The second kappa shape index (κ2) is 12.4. The smallest absolute Gasteiger partial charge is 0.252 e. The number of aliphatic hydroxyl groups excluding tert-OH is 2. The van der Waals surface area contributed by atoms with Gasteiger partial charge in [-0.1, -0.05) is 42.5 Å². The van der Waals surface area contributed by atoms with E-state index >= 15 is 0 Å². The molecule has 0 heterocycles. The summed E-state index contributed by atoms with van der Waals surface area (Å²) in [7, 11) is 0. The van der Waals surface area contributed by atoms with Crippen LogP contribution < -0.4 is 11.5 Å². The topological polar surface area (TPSA) is 170 Å². The van der Waals surface area contributed by atoms with Gasteiger partial charge in [0, 0.05) is 19.1 Å². The Morgan fingerprint density at radius 2 is 1.24 bits per heavy atom. The number of aliphatic hydroxyl groups is 2. The number of aryl methyl sites for hydroxylation is 1. The number of nitrogens with two attached hydrogens (primary N) is 2. The van der Waals surface area contributed by atoms with Gasteiger partial charge in [0.05, 0.1) is 23.3 Å². The predicted molar refractivity (Wildman–Crippen MR) is 139 cm³/mol. The second-order valence-electron chi connectivity index (χ2n) is 9.14. The van der Waals surface area contributed by atoms with Gasteiger partial charge in [0.1, 0.15) is 11.5 Å². The molecule has 0 saturated carbocycles. The number of nitrogens with zero attached hydrogens (tertiary/aromatic N) is 1. The standard InChI is InChI=1S/C28H33N3O6/c1-17(7-8-18-5-3-2-4-6-18)31(15-25(34)19-9-11-23(32)21(13-19)27(29)36)16-26(35)20-10-12-24(33)22(14-20)28(30)37/h2-6,9-14,17,25-26,32-35H,7-8,15-16H2,1H3,(H2,29,36)(H2,30,37). The summed E-state index contributed by atoms with van der Waals surface area (Å²) in [5, 5.41) is 41.8. The van der Waals surface area contributed by atoms with Gasteiger partial charge in [-0.05, 0) is 60.7 Å². The lowest BCUT2D eigenvalue weighted by Gasteiger charge is -2.33. The Hall–Kier alpha value is -3.92. The summed E-state index contributed by atoms with van der Waals surface area (Å²) in [6, 6.07) is 18.2. The van der Waals surface area contributed by atoms with Crippen molar-refractivity contribution in [3.05, 3.63) is 94.5 Å². The molecule has 9 nitrogen and oxygen atoms in total. The van der Waals surface area contributed by atoms with E-state index in [-0.39, 0.29) is 41.8 Å². The lowest BCUT2D eigenvalue weighted by molar-refractivity contribution is 0.0460. The summed E-state index contributed by atoms with van der Waals surface area (Å²) in [4.78, 5) is 25.2. The van der Waals surface area contributed by atoms with E-state index in [1.54, 1.807) is 0 Å². The van der Waals surface area contributed by atoms with E-state index in [0.29, 0.717) is 11.1 Å². The van der Waals surface area contributed by atoms with Gasteiger partial charge in [0.2, 0.25) is 0 Å². The molecule has 0 bridgehead atoms. The molecule has 196 valence electrons. The van der Waals surface area contributed by atoms with Crippen molar-refractivity contribution in [2.75, 3.05) is 13.1 Å². The lowest BCUT2D eigenvalue weighted by Crippen LogP contribution is -2.39. The van der Waals surface area contributed by atoms with Gasteiger partial charge in [-0.2, -0.15) is 0 Å². The molecule has 0 aliphatic heterocycles. The number of phenols is 2. The van der Waals surface area contributed by atoms with E-state index in [1.807, 2.05) is 42.2 Å². The first-order chi connectivity index (χ1) is 17.6. The molecule has 0 fully saturated rings. The van der Waals surface area contributed by atoms with Crippen LogP contribution in [0.2, 0.25) is 0 Å². The van der Waals surface area contributed by atoms with Gasteiger partial charge < -0.3 is 31.9 Å². The maximum Gasteiger partial charge on any atom is 0.252 e. The van der Waals surface area contributed by atoms with Crippen LogP contribution in [0.25, 0.3) is 0 Å². The van der Waals surface area contributed by atoms with Crippen molar-refractivity contribution in [3.8, 4) is 11.5 Å². The molecule has 0 spiro atoms. The third kappa shape index (κ3) is 7.29. The molecule has 0 aromatic heterocycles. The van der Waals surface area contributed by atoms with E-state index < -0.39 is 24.0 Å². The Kier molecular flexibility index (Phi) is 9.24. The number of hydrogen-bond donors (Lipinski definition) is 6. The molecule has 0 saturated heterocycles. The first kappa shape index (κ1) is 27.7. The zero-order valence-corrected chi connectivity index (χ0v) is 20.6. The molecule has 3 unspecified atom stereocenters. The number of aromatic hydroxyl groups is 2. The molecule has 2 amide bonds. The SMILES string of the molecule is CC(CCc1ccccc1)N(CC(O)c1ccc(O)c(C(N)=O)c1)CC(O)c1ccc(O)c(C(N)=O)c1. The van der Waals surface area contributed by atoms with E-state index in [0.717, 1.165) is 18.4 Å². The summed E-state index contributed by atoms with van der Waals surface area (Å²) in [6.07, 6.45) is -0.591. The molecular weight excluding hydrogens is 474 g/mol. The Labute approximate surface area is 215 Å². The largest absolute Gasteiger partial charge is 0.507 e. The van der Waals surface area contributed by atoms with Crippen molar-refractivity contribution in [2.45, 2.75) is 38.0 Å². The Bertz CT molecular complexity index is 1160. The number of amides is 2. The number of rotatable bonds is 12. The molecule has 3 atom stereocenters. The van der Waals surface area contributed by atoms with Gasteiger partial charge in [-0.15, -0.1) is 0 Å². The highest BCUT2D eigenvalue weighted by Gasteiger charge is 2.24. The molecule has 8 N–H and O–H groups in total. The molecule has 0 radical (unpaired) electrons. The number of primary amides is 2. The van der Waals surface area contributed by atoms with Gasteiger partial charge in [-0.3, -0.25) is 14.5 Å². The van der Waals surface area contributed by atoms with Crippen LogP contribution in [0.1, 0.15) is 63.0 Å². The van der Waals surface area contributed by atoms with Crippen LogP contribution in [0.3, 0.4) is 0 Å². The molecular formula is C28H33N3O6. The molecule has 0 aliphatic carbocycles. The highest BCUT2D eigenvalue weighted by Crippen LogP contribution is 2.27. The quantitative estimate of drug-likeness (QED) is 0.218. The fraction of sp³-hybridized carbons (Fsp3) is 0.286. The van der Waals surface area contributed by atoms with Gasteiger partial charge >= 0.3 is 0 Å². The van der Waals surface area contributed by atoms with Crippen molar-refractivity contribution < 1.29 is 30.0 Å². The van der Waals surface area contributed by atoms with E-state index in [1.165, 1.54) is 36.4 Å². The number of carbonyl (C=O) groups is 2. The number of hydrogen-bond acceptors (Lipinski definition) is 7. The fourth-order valence-electron chi connectivity index (χ4n) is 4.21. The van der Waals surface area contributed by atoms with Crippen molar-refractivity contribution >= 4 is 11.8 Å². The van der Waals surface area contributed by atoms with Gasteiger partial charge in [0.25, 0.3) is 11.8 Å². The van der Waals surface area contributed by atoms with Crippen molar-refractivity contribution in [1.29, 1.82) is 0 Å². The molecule has 3 rings (SSSR count). The van der Waals surface area contributed by atoms with E-state index in [9.17, 15) is 30.0 Å². The minimum atomic E-state index is -1.05. The van der Waals surface area contributed by atoms with E-state index in [4.69, 9.17) is 11.5 Å². The van der Waals surface area contributed by atoms with Crippen LogP contribution in [0.5, 0.6) is 11.5 Å². The average Bonchev–Trinajstić information content (AvgIpc) is 2.87. The Morgan fingerprint density at radius 3 is 1.68 bits per heavy atom. The summed E-state index contributed by atoms with van der Waals surface area (Å²) in [6.45, 7) is 2.20. The molecule has 3 aromatic rings. The van der Waals surface area contributed by atoms with Crippen LogP contribution in [-0.4, -0.2) is 56.3 Å². The van der Waals surface area contributed by atoms with Gasteiger partial charge in [-0.25, -0.2) is 0 Å². The number of benzene rings is 3. The molecule has 9 heteroatoms. The first-order valence-electron chi connectivity index (χ1n) is 12.0. The average molecular weight is 508 g/mol. The maximum absolute atomic E-state index is 11.6. The van der Waals surface area contributed by atoms with Gasteiger partial charge in [0.15, 0.2) is 0 Å². The van der Waals surface area contributed by atoms with Crippen LogP contribution in [0.4, 0.5) is 0 Å².